The summed E-state index contributed by atoms with van der Waals surface area (Å²) < 4.78 is 40.4. The zero-order valence-electron chi connectivity index (χ0n) is 15.7. The molecule has 6 nitrogen and oxygen atoms in total. The van der Waals surface area contributed by atoms with Crippen LogP contribution in [0.15, 0.2) is 53.4 Å². The number of carbonyl (C=O) groups is 1. The fourth-order valence-electron chi connectivity index (χ4n) is 2.31. The highest BCUT2D eigenvalue weighted by molar-refractivity contribution is 7.89. The van der Waals surface area contributed by atoms with Crippen LogP contribution >= 0.6 is 0 Å². The second kappa shape index (κ2) is 8.06. The quantitative estimate of drug-likeness (QED) is 0.702. The molecule has 2 aromatic rings. The molecule has 0 aliphatic heterocycles. The maximum Gasteiger partial charge on any atom is 0.246 e. The minimum Gasteiger partial charge on any atom is -0.374 e. The lowest BCUT2D eigenvalue weighted by Gasteiger charge is -2.21. The van der Waals surface area contributed by atoms with Crippen molar-refractivity contribution < 1.29 is 17.6 Å². The number of hydrogen-bond donors (Lipinski definition) is 3. The van der Waals surface area contributed by atoms with E-state index >= 15 is 0 Å². The van der Waals surface area contributed by atoms with Crippen LogP contribution in [0.4, 0.5) is 15.8 Å². The lowest BCUT2D eigenvalue weighted by molar-refractivity contribution is -0.116. The molecule has 0 aromatic heterocycles. The first-order valence-corrected chi connectivity index (χ1v) is 9.92. The van der Waals surface area contributed by atoms with Crippen LogP contribution in [0.2, 0.25) is 0 Å². The van der Waals surface area contributed by atoms with Gasteiger partial charge in [0, 0.05) is 16.9 Å². The van der Waals surface area contributed by atoms with Crippen molar-refractivity contribution in [3.63, 3.8) is 0 Å². The molecule has 3 N–H and O–H groups in total. The average Bonchev–Trinajstić information content (AvgIpc) is 2.55. The fourth-order valence-corrected chi connectivity index (χ4v) is 3.78. The van der Waals surface area contributed by atoms with Gasteiger partial charge in [0.2, 0.25) is 15.9 Å². The molecule has 0 unspecified atom stereocenters. The van der Waals surface area contributed by atoms with E-state index < -0.39 is 21.6 Å². The summed E-state index contributed by atoms with van der Waals surface area (Å²) in [6, 6.07) is 11.0. The van der Waals surface area contributed by atoms with E-state index in [1.54, 1.807) is 39.8 Å². The number of carbonyl (C=O) groups excluding carboxylic acids is 1. The number of halogens is 1. The third kappa shape index (κ3) is 6.33. The zero-order chi connectivity index (χ0) is 20.2. The normalized spacial score (nSPS) is 13.1. The van der Waals surface area contributed by atoms with Gasteiger partial charge in [-0.05, 0) is 70.2 Å². The van der Waals surface area contributed by atoms with E-state index in [9.17, 15) is 17.6 Å². The van der Waals surface area contributed by atoms with Gasteiger partial charge >= 0.3 is 0 Å². The summed E-state index contributed by atoms with van der Waals surface area (Å²) >= 11 is 0. The van der Waals surface area contributed by atoms with Crippen molar-refractivity contribution in [1.29, 1.82) is 0 Å². The Balaban J connectivity index is 2.08. The number of nitrogens with one attached hydrogen (secondary N) is 3. The van der Waals surface area contributed by atoms with E-state index in [0.717, 1.165) is 0 Å². The molecule has 0 heterocycles. The molecule has 0 radical (unpaired) electrons. The standard InChI is InChI=1S/C19H24FN3O3S/c1-13(18(24)22-15-10-8-14(20)9-11-15)21-16-6-5-7-17(12-16)27(25,26)23-19(2,3)4/h5-13,21,23H,1-4H3,(H,22,24)/t13-/m0/s1. The van der Waals surface area contributed by atoms with Crippen molar-refractivity contribution >= 4 is 27.3 Å². The molecule has 2 aromatic carbocycles. The lowest BCUT2D eigenvalue weighted by Crippen LogP contribution is -2.40. The average molecular weight is 393 g/mol. The first kappa shape index (κ1) is 20.9. The van der Waals surface area contributed by atoms with Crippen molar-refractivity contribution in [2.45, 2.75) is 44.2 Å². The monoisotopic (exact) mass is 393 g/mol. The Morgan fingerprint density at radius 3 is 2.26 bits per heavy atom. The molecule has 0 spiro atoms. The molecule has 0 bridgehead atoms. The molecular formula is C19H24FN3O3S. The van der Waals surface area contributed by atoms with Crippen LogP contribution in [0.5, 0.6) is 0 Å². The van der Waals surface area contributed by atoms with Crippen LogP contribution in [-0.2, 0) is 14.8 Å². The first-order valence-electron chi connectivity index (χ1n) is 8.43. The van der Waals surface area contributed by atoms with Gasteiger partial charge < -0.3 is 10.6 Å². The molecule has 8 heteroatoms. The van der Waals surface area contributed by atoms with Gasteiger partial charge in [-0.15, -0.1) is 0 Å². The number of rotatable bonds is 6. The van der Waals surface area contributed by atoms with Crippen LogP contribution in [0.3, 0.4) is 0 Å². The van der Waals surface area contributed by atoms with E-state index in [4.69, 9.17) is 0 Å². The van der Waals surface area contributed by atoms with Gasteiger partial charge in [-0.2, -0.15) is 0 Å². The Kier molecular flexibility index (Phi) is 6.22. The molecule has 146 valence electrons. The smallest absolute Gasteiger partial charge is 0.246 e. The highest BCUT2D eigenvalue weighted by Gasteiger charge is 2.22. The third-order valence-corrected chi connectivity index (χ3v) is 5.23. The molecule has 1 amide bonds. The van der Waals surface area contributed by atoms with E-state index in [2.05, 4.69) is 15.4 Å². The summed E-state index contributed by atoms with van der Waals surface area (Å²) in [7, 11) is -3.68. The molecule has 2 rings (SSSR count). The van der Waals surface area contributed by atoms with Gasteiger partial charge in [-0.3, -0.25) is 4.79 Å². The molecule has 0 aliphatic carbocycles. The van der Waals surface area contributed by atoms with Crippen LogP contribution in [0, 0.1) is 5.82 Å². The van der Waals surface area contributed by atoms with Gasteiger partial charge in [0.15, 0.2) is 0 Å². The number of hydrogen-bond acceptors (Lipinski definition) is 4. The highest BCUT2D eigenvalue weighted by atomic mass is 32.2. The molecule has 27 heavy (non-hydrogen) atoms. The van der Waals surface area contributed by atoms with Gasteiger partial charge in [-0.1, -0.05) is 6.07 Å². The largest absolute Gasteiger partial charge is 0.374 e. The van der Waals surface area contributed by atoms with Crippen molar-refractivity contribution in [1.82, 2.24) is 4.72 Å². The summed E-state index contributed by atoms with van der Waals surface area (Å²) in [5.41, 5.74) is 0.360. The lowest BCUT2D eigenvalue weighted by atomic mass is 10.1. The molecule has 0 saturated heterocycles. The van der Waals surface area contributed by atoms with Crippen LogP contribution in [0.25, 0.3) is 0 Å². The van der Waals surface area contributed by atoms with E-state index in [0.29, 0.717) is 11.4 Å². The Morgan fingerprint density at radius 1 is 1.04 bits per heavy atom. The summed E-state index contributed by atoms with van der Waals surface area (Å²) in [6.07, 6.45) is 0. The first-order chi connectivity index (χ1) is 12.5. The number of sulfonamides is 1. The number of anilines is 2. The fraction of sp³-hybridized carbons (Fsp3) is 0.316. The summed E-state index contributed by atoms with van der Waals surface area (Å²) in [5.74, 6) is -0.719. The number of amides is 1. The molecule has 1 atom stereocenters. The van der Waals surface area contributed by atoms with Crippen molar-refractivity contribution in [2.75, 3.05) is 10.6 Å². The molecule has 0 saturated carbocycles. The molecular weight excluding hydrogens is 369 g/mol. The Morgan fingerprint density at radius 2 is 1.67 bits per heavy atom. The maximum atomic E-state index is 12.9. The zero-order valence-corrected chi connectivity index (χ0v) is 16.5. The van der Waals surface area contributed by atoms with Crippen LogP contribution in [0.1, 0.15) is 27.7 Å². The highest BCUT2D eigenvalue weighted by Crippen LogP contribution is 2.18. The van der Waals surface area contributed by atoms with Crippen molar-refractivity contribution in [3.8, 4) is 0 Å². The maximum absolute atomic E-state index is 12.9. The second-order valence-corrected chi connectivity index (χ2v) is 8.93. The SMILES string of the molecule is C[C@H](Nc1cccc(S(=O)(=O)NC(C)(C)C)c1)C(=O)Nc1ccc(F)cc1. The van der Waals surface area contributed by atoms with E-state index in [1.807, 2.05) is 0 Å². The molecule has 0 fully saturated rings. The van der Waals surface area contributed by atoms with E-state index in [-0.39, 0.29) is 16.6 Å². The van der Waals surface area contributed by atoms with Gasteiger partial charge in [-0.25, -0.2) is 17.5 Å². The van der Waals surface area contributed by atoms with Gasteiger partial charge in [0.25, 0.3) is 0 Å². The molecule has 0 aliphatic rings. The van der Waals surface area contributed by atoms with Gasteiger partial charge in [0.05, 0.1) is 4.90 Å². The van der Waals surface area contributed by atoms with E-state index in [1.165, 1.54) is 36.4 Å². The Bertz CT molecular complexity index is 907. The van der Waals surface area contributed by atoms with Crippen LogP contribution < -0.4 is 15.4 Å². The van der Waals surface area contributed by atoms with Gasteiger partial charge in [0.1, 0.15) is 11.9 Å². The topological polar surface area (TPSA) is 87.3 Å². The second-order valence-electron chi connectivity index (χ2n) is 7.25. The minimum absolute atomic E-state index is 0.105. The Labute approximate surface area is 159 Å². The summed E-state index contributed by atoms with van der Waals surface area (Å²) in [4.78, 5) is 12.4. The Hall–Kier alpha value is -2.45. The van der Waals surface area contributed by atoms with Crippen LogP contribution in [-0.4, -0.2) is 25.9 Å². The third-order valence-electron chi connectivity index (χ3n) is 3.47. The van der Waals surface area contributed by atoms with Crippen molar-refractivity contribution in [3.05, 3.63) is 54.3 Å². The summed E-state index contributed by atoms with van der Waals surface area (Å²) in [6.45, 7) is 6.92. The number of benzene rings is 2. The predicted molar refractivity (Wildman–Crippen MR) is 105 cm³/mol. The summed E-state index contributed by atoms with van der Waals surface area (Å²) in [5, 5.41) is 5.64. The van der Waals surface area contributed by atoms with Crippen molar-refractivity contribution in [2.24, 2.45) is 0 Å². The minimum atomic E-state index is -3.68. The predicted octanol–water partition coefficient (Wildman–Crippen LogP) is 3.34.